The number of carbonyl (C=O) groups excluding carboxylic acids is 1. The van der Waals surface area contributed by atoms with E-state index in [-0.39, 0.29) is 6.10 Å². The molecule has 0 spiro atoms. The van der Waals surface area contributed by atoms with E-state index < -0.39 is 5.91 Å². The van der Waals surface area contributed by atoms with Crippen LogP contribution in [0.3, 0.4) is 0 Å². The molecular weight excluding hydrogens is 242 g/mol. The lowest BCUT2D eigenvalue weighted by molar-refractivity contribution is 0.0256. The van der Waals surface area contributed by atoms with E-state index in [4.69, 9.17) is 16.2 Å². The van der Waals surface area contributed by atoms with Crippen molar-refractivity contribution in [1.82, 2.24) is 0 Å². The van der Waals surface area contributed by atoms with E-state index in [1.807, 2.05) is 6.07 Å². The van der Waals surface area contributed by atoms with Gasteiger partial charge in [0.15, 0.2) is 0 Å². The quantitative estimate of drug-likeness (QED) is 0.782. The highest BCUT2D eigenvalue weighted by molar-refractivity contribution is 6.01. The first-order valence-electron chi connectivity index (χ1n) is 6.75. The molecule has 1 saturated carbocycles. The van der Waals surface area contributed by atoms with Gasteiger partial charge in [0.25, 0.3) is 5.91 Å². The van der Waals surface area contributed by atoms with E-state index in [0.717, 1.165) is 31.5 Å². The van der Waals surface area contributed by atoms with Crippen molar-refractivity contribution in [2.45, 2.75) is 31.4 Å². The van der Waals surface area contributed by atoms with Gasteiger partial charge >= 0.3 is 0 Å². The van der Waals surface area contributed by atoms with E-state index in [1.54, 1.807) is 12.1 Å². The monoisotopic (exact) mass is 261 g/mol. The SMILES string of the molecule is NC(=O)c1cccc(N)c1N1CCOC2CCCC21. The molecule has 5 nitrogen and oxygen atoms in total. The summed E-state index contributed by atoms with van der Waals surface area (Å²) in [5.74, 6) is -0.427. The summed E-state index contributed by atoms with van der Waals surface area (Å²) < 4.78 is 5.80. The van der Waals surface area contributed by atoms with E-state index >= 15 is 0 Å². The fourth-order valence-corrected chi connectivity index (χ4v) is 3.28. The molecule has 102 valence electrons. The summed E-state index contributed by atoms with van der Waals surface area (Å²) in [6.07, 6.45) is 3.58. The van der Waals surface area contributed by atoms with Crippen LogP contribution in [0.1, 0.15) is 29.6 Å². The number of para-hydroxylation sites is 1. The normalized spacial score (nSPS) is 26.2. The predicted molar refractivity (Wildman–Crippen MR) is 74.1 cm³/mol. The zero-order valence-electron chi connectivity index (χ0n) is 10.8. The van der Waals surface area contributed by atoms with Gasteiger partial charge in [-0.1, -0.05) is 6.07 Å². The van der Waals surface area contributed by atoms with Crippen molar-refractivity contribution in [3.63, 3.8) is 0 Å². The second-order valence-corrected chi connectivity index (χ2v) is 5.21. The summed E-state index contributed by atoms with van der Waals surface area (Å²) in [5.41, 5.74) is 13.5. The summed E-state index contributed by atoms with van der Waals surface area (Å²) >= 11 is 0. The molecule has 0 aromatic heterocycles. The molecule has 1 saturated heterocycles. The Kier molecular flexibility index (Phi) is 3.06. The Morgan fingerprint density at radius 1 is 1.37 bits per heavy atom. The Bertz CT molecular complexity index is 503. The third-order valence-corrected chi connectivity index (χ3v) is 4.10. The van der Waals surface area contributed by atoms with Gasteiger partial charge in [0, 0.05) is 6.54 Å². The number of primary amides is 1. The van der Waals surface area contributed by atoms with Crippen LogP contribution in [-0.2, 0) is 4.74 Å². The van der Waals surface area contributed by atoms with Gasteiger partial charge in [-0.25, -0.2) is 0 Å². The molecule has 1 aromatic carbocycles. The molecule has 2 unspecified atom stereocenters. The third-order valence-electron chi connectivity index (χ3n) is 4.10. The number of carbonyl (C=O) groups is 1. The number of nitrogens with two attached hydrogens (primary N) is 2. The molecule has 1 amide bonds. The van der Waals surface area contributed by atoms with Crippen LogP contribution in [0.5, 0.6) is 0 Å². The van der Waals surface area contributed by atoms with Crippen molar-refractivity contribution in [3.8, 4) is 0 Å². The standard InChI is InChI=1S/C14H19N3O2/c15-10-4-1-3-9(14(16)18)13(10)17-7-8-19-12-6-2-5-11(12)17/h1,3-4,11-12H,2,5-8,15H2,(H2,16,18). The Morgan fingerprint density at radius 2 is 2.21 bits per heavy atom. The number of benzene rings is 1. The average molecular weight is 261 g/mol. The number of hydrogen-bond donors (Lipinski definition) is 2. The van der Waals surface area contributed by atoms with Gasteiger partial charge < -0.3 is 21.1 Å². The molecule has 4 N–H and O–H groups in total. The van der Waals surface area contributed by atoms with Crippen LogP contribution in [0.25, 0.3) is 0 Å². The summed E-state index contributed by atoms with van der Waals surface area (Å²) in [7, 11) is 0. The Hall–Kier alpha value is -1.75. The van der Waals surface area contributed by atoms with Crippen molar-refractivity contribution in [2.75, 3.05) is 23.8 Å². The summed E-state index contributed by atoms with van der Waals surface area (Å²) in [6.45, 7) is 1.43. The number of nitrogens with zero attached hydrogens (tertiary/aromatic N) is 1. The van der Waals surface area contributed by atoms with Gasteiger partial charge in [0.1, 0.15) is 0 Å². The molecule has 0 radical (unpaired) electrons. The number of rotatable bonds is 2. The first-order valence-corrected chi connectivity index (χ1v) is 6.75. The number of nitrogen functional groups attached to an aromatic ring is 1. The third kappa shape index (κ3) is 2.04. The molecule has 1 aliphatic carbocycles. The highest BCUT2D eigenvalue weighted by Gasteiger charge is 2.37. The molecule has 2 atom stereocenters. The number of ether oxygens (including phenoxy) is 1. The van der Waals surface area contributed by atoms with Crippen molar-refractivity contribution in [1.29, 1.82) is 0 Å². The molecule has 5 heteroatoms. The topological polar surface area (TPSA) is 81.6 Å². The van der Waals surface area contributed by atoms with Crippen LogP contribution in [-0.4, -0.2) is 31.2 Å². The smallest absolute Gasteiger partial charge is 0.250 e. The average Bonchev–Trinajstić information content (AvgIpc) is 2.86. The van der Waals surface area contributed by atoms with Gasteiger partial charge in [-0.3, -0.25) is 4.79 Å². The van der Waals surface area contributed by atoms with E-state index in [0.29, 0.717) is 23.9 Å². The molecule has 0 bridgehead atoms. The molecule has 3 rings (SSSR count). The summed E-state index contributed by atoms with van der Waals surface area (Å²) in [5, 5.41) is 0. The molecule has 1 aromatic rings. The lowest BCUT2D eigenvalue weighted by atomic mass is 10.0. The maximum Gasteiger partial charge on any atom is 0.250 e. The van der Waals surface area contributed by atoms with Gasteiger partial charge in [-0.2, -0.15) is 0 Å². The predicted octanol–water partition coefficient (Wildman–Crippen LogP) is 1.13. The van der Waals surface area contributed by atoms with Crippen LogP contribution in [0.4, 0.5) is 11.4 Å². The van der Waals surface area contributed by atoms with Crippen LogP contribution in [0, 0.1) is 0 Å². The molecule has 1 aliphatic heterocycles. The minimum atomic E-state index is -0.427. The number of hydrogen-bond acceptors (Lipinski definition) is 4. The van der Waals surface area contributed by atoms with Crippen LogP contribution < -0.4 is 16.4 Å². The van der Waals surface area contributed by atoms with Crippen molar-refractivity contribution >= 4 is 17.3 Å². The van der Waals surface area contributed by atoms with Crippen LogP contribution in [0.2, 0.25) is 0 Å². The van der Waals surface area contributed by atoms with E-state index in [1.165, 1.54) is 0 Å². The molecular formula is C14H19N3O2. The lowest BCUT2D eigenvalue weighted by Gasteiger charge is -2.40. The molecule has 2 aliphatic rings. The maximum absolute atomic E-state index is 11.6. The Balaban J connectivity index is 2.03. The van der Waals surface area contributed by atoms with Crippen molar-refractivity contribution < 1.29 is 9.53 Å². The zero-order valence-corrected chi connectivity index (χ0v) is 10.8. The zero-order chi connectivity index (χ0) is 13.4. The highest BCUT2D eigenvalue weighted by atomic mass is 16.5. The van der Waals surface area contributed by atoms with Crippen LogP contribution >= 0.6 is 0 Å². The first kappa shape index (κ1) is 12.3. The molecule has 1 heterocycles. The number of fused-ring (bicyclic) bond motifs is 1. The largest absolute Gasteiger partial charge is 0.397 e. The minimum absolute atomic E-state index is 0.258. The van der Waals surface area contributed by atoms with E-state index in [2.05, 4.69) is 4.90 Å². The fourth-order valence-electron chi connectivity index (χ4n) is 3.28. The number of anilines is 2. The Morgan fingerprint density at radius 3 is 3.00 bits per heavy atom. The molecule has 2 fully saturated rings. The summed E-state index contributed by atoms with van der Waals surface area (Å²) in [6, 6.07) is 5.65. The first-order chi connectivity index (χ1) is 9.18. The van der Waals surface area contributed by atoms with Gasteiger partial charge in [-0.15, -0.1) is 0 Å². The second kappa shape index (κ2) is 4.74. The Labute approximate surface area is 112 Å². The van der Waals surface area contributed by atoms with Crippen LogP contribution in [0.15, 0.2) is 18.2 Å². The number of morpholine rings is 1. The highest BCUT2D eigenvalue weighted by Crippen LogP contribution is 2.37. The molecule has 19 heavy (non-hydrogen) atoms. The van der Waals surface area contributed by atoms with Crippen molar-refractivity contribution in [2.24, 2.45) is 5.73 Å². The summed E-state index contributed by atoms with van der Waals surface area (Å²) in [4.78, 5) is 13.8. The van der Waals surface area contributed by atoms with Gasteiger partial charge in [0.2, 0.25) is 0 Å². The van der Waals surface area contributed by atoms with Gasteiger partial charge in [-0.05, 0) is 31.4 Å². The van der Waals surface area contributed by atoms with Crippen molar-refractivity contribution in [3.05, 3.63) is 23.8 Å². The second-order valence-electron chi connectivity index (χ2n) is 5.21. The number of amides is 1. The minimum Gasteiger partial charge on any atom is -0.397 e. The van der Waals surface area contributed by atoms with E-state index in [9.17, 15) is 4.79 Å². The lowest BCUT2D eigenvalue weighted by Crippen LogP contribution is -2.49. The van der Waals surface area contributed by atoms with Gasteiger partial charge in [0.05, 0.1) is 35.7 Å². The fraction of sp³-hybridized carbons (Fsp3) is 0.500. The maximum atomic E-state index is 11.6.